The van der Waals surface area contributed by atoms with Gasteiger partial charge in [0.1, 0.15) is 6.33 Å². The van der Waals surface area contributed by atoms with Gasteiger partial charge in [0.25, 0.3) is 0 Å². The van der Waals surface area contributed by atoms with Crippen LogP contribution in [0.3, 0.4) is 0 Å². The lowest BCUT2D eigenvalue weighted by atomic mass is 10.2. The number of carbonyl (C=O) groups is 1. The first kappa shape index (κ1) is 23.9. The Bertz CT molecular complexity index is 1060. The Balaban J connectivity index is 1.69. The molecule has 0 unspecified atom stereocenters. The topological polar surface area (TPSA) is 86.3 Å². The van der Waals surface area contributed by atoms with Crippen LogP contribution in [0.5, 0.6) is 0 Å². The molecule has 0 saturated carbocycles. The molecule has 1 aromatic carbocycles. The highest BCUT2D eigenvalue weighted by atomic mass is 19.1. The third-order valence-corrected chi connectivity index (χ3v) is 4.96. The monoisotopic (exact) mass is 451 g/mol. The molecule has 174 valence electrons. The van der Waals surface area contributed by atoms with E-state index >= 15 is 0 Å². The Kier molecular flexibility index (Phi) is 8.12. The van der Waals surface area contributed by atoms with Crippen molar-refractivity contribution in [3.05, 3.63) is 66.4 Å². The van der Waals surface area contributed by atoms with E-state index < -0.39 is 5.82 Å². The van der Waals surface area contributed by atoms with Crippen LogP contribution in [0.15, 0.2) is 60.6 Å². The van der Waals surface area contributed by atoms with E-state index in [4.69, 9.17) is 0 Å². The zero-order valence-corrected chi connectivity index (χ0v) is 19.3. The molecule has 0 radical (unpaired) electrons. The molecule has 1 aliphatic rings. The molecule has 2 heterocycles. The highest BCUT2D eigenvalue weighted by molar-refractivity contribution is 5.89. The van der Waals surface area contributed by atoms with Gasteiger partial charge in [-0.05, 0) is 37.6 Å². The molecule has 2 N–H and O–H groups in total. The number of nitrogens with one attached hydrogen (secondary N) is 2. The van der Waals surface area contributed by atoms with E-state index in [-0.39, 0.29) is 23.2 Å². The van der Waals surface area contributed by atoms with Gasteiger partial charge in [0.15, 0.2) is 5.82 Å². The lowest BCUT2D eigenvalue weighted by Crippen LogP contribution is -2.46. The van der Waals surface area contributed by atoms with Gasteiger partial charge in [-0.1, -0.05) is 31.2 Å². The number of allylic oxidation sites excluding steroid dienone is 4. The summed E-state index contributed by atoms with van der Waals surface area (Å²) in [6.07, 6.45) is 8.76. The SMILES string of the molecule is C=C(C)/C=C(\C=C/CC)N1CCN(c2ncnc(Nc3cccc(NC(C)=O)c3F)n2)CC1. The van der Waals surface area contributed by atoms with Gasteiger partial charge in [0.05, 0.1) is 11.4 Å². The van der Waals surface area contributed by atoms with Gasteiger partial charge < -0.3 is 20.4 Å². The van der Waals surface area contributed by atoms with Crippen molar-refractivity contribution in [2.24, 2.45) is 0 Å². The smallest absolute Gasteiger partial charge is 0.232 e. The largest absolute Gasteiger partial charge is 0.368 e. The van der Waals surface area contributed by atoms with Crippen LogP contribution in [-0.2, 0) is 4.79 Å². The normalized spacial score (nSPS) is 14.5. The predicted octanol–water partition coefficient (Wildman–Crippen LogP) is 4.26. The van der Waals surface area contributed by atoms with E-state index in [2.05, 4.69) is 67.1 Å². The summed E-state index contributed by atoms with van der Waals surface area (Å²) in [5, 5.41) is 5.35. The van der Waals surface area contributed by atoms with Crippen LogP contribution in [-0.4, -0.2) is 51.9 Å². The maximum Gasteiger partial charge on any atom is 0.232 e. The number of hydrogen-bond acceptors (Lipinski definition) is 7. The number of rotatable bonds is 8. The first-order valence-electron chi connectivity index (χ1n) is 10.9. The van der Waals surface area contributed by atoms with Gasteiger partial charge in [-0.15, -0.1) is 0 Å². The predicted molar refractivity (Wildman–Crippen MR) is 130 cm³/mol. The molecule has 9 heteroatoms. The number of amides is 1. The van der Waals surface area contributed by atoms with Gasteiger partial charge in [0.2, 0.25) is 17.8 Å². The van der Waals surface area contributed by atoms with Gasteiger partial charge in [-0.25, -0.2) is 14.4 Å². The van der Waals surface area contributed by atoms with Crippen molar-refractivity contribution >= 4 is 29.2 Å². The van der Waals surface area contributed by atoms with Crippen molar-refractivity contribution in [2.45, 2.75) is 27.2 Å². The third kappa shape index (κ3) is 6.61. The quantitative estimate of drug-likeness (QED) is 0.580. The van der Waals surface area contributed by atoms with Gasteiger partial charge in [0, 0.05) is 38.8 Å². The molecule has 8 nitrogen and oxygen atoms in total. The molecular weight excluding hydrogens is 421 g/mol. The molecule has 0 aliphatic carbocycles. The van der Waals surface area contributed by atoms with Crippen molar-refractivity contribution < 1.29 is 9.18 Å². The zero-order chi connectivity index (χ0) is 23.8. The number of benzene rings is 1. The lowest BCUT2D eigenvalue weighted by Gasteiger charge is -2.36. The Morgan fingerprint density at radius 2 is 1.91 bits per heavy atom. The fraction of sp³-hybridized carbons (Fsp3) is 0.333. The second-order valence-corrected chi connectivity index (χ2v) is 7.78. The number of nitrogens with zero attached hydrogens (tertiary/aromatic N) is 5. The molecule has 0 bridgehead atoms. The summed E-state index contributed by atoms with van der Waals surface area (Å²) in [6, 6.07) is 4.69. The zero-order valence-electron chi connectivity index (χ0n) is 19.3. The van der Waals surface area contributed by atoms with Crippen molar-refractivity contribution in [2.75, 3.05) is 41.7 Å². The van der Waals surface area contributed by atoms with Crippen LogP contribution in [0, 0.1) is 5.82 Å². The molecule has 1 amide bonds. The lowest BCUT2D eigenvalue weighted by molar-refractivity contribution is -0.114. The van der Waals surface area contributed by atoms with Gasteiger partial charge in [-0.3, -0.25) is 4.79 Å². The number of hydrogen-bond donors (Lipinski definition) is 2. The van der Waals surface area contributed by atoms with E-state index in [1.807, 2.05) is 6.92 Å². The van der Waals surface area contributed by atoms with Crippen LogP contribution in [0.4, 0.5) is 27.7 Å². The van der Waals surface area contributed by atoms with Gasteiger partial charge >= 0.3 is 0 Å². The highest BCUT2D eigenvalue weighted by Crippen LogP contribution is 2.25. The number of aromatic nitrogens is 3. The summed E-state index contributed by atoms with van der Waals surface area (Å²) in [7, 11) is 0. The molecule has 0 spiro atoms. The second-order valence-electron chi connectivity index (χ2n) is 7.78. The number of carbonyl (C=O) groups excluding carboxylic acids is 1. The van der Waals surface area contributed by atoms with E-state index in [0.29, 0.717) is 5.95 Å². The molecule has 0 atom stereocenters. The minimum absolute atomic E-state index is 0.0913. The fourth-order valence-electron chi connectivity index (χ4n) is 3.44. The van der Waals surface area contributed by atoms with Crippen molar-refractivity contribution in [1.29, 1.82) is 0 Å². The van der Waals surface area contributed by atoms with Crippen LogP contribution in [0.1, 0.15) is 27.2 Å². The van der Waals surface area contributed by atoms with Crippen molar-refractivity contribution in [3.63, 3.8) is 0 Å². The summed E-state index contributed by atoms with van der Waals surface area (Å²) in [6.45, 7) is 12.5. The Labute approximate surface area is 193 Å². The first-order chi connectivity index (χ1) is 15.9. The Morgan fingerprint density at radius 1 is 1.18 bits per heavy atom. The summed E-state index contributed by atoms with van der Waals surface area (Å²) >= 11 is 0. The molecule has 1 fully saturated rings. The van der Waals surface area contributed by atoms with E-state index in [9.17, 15) is 9.18 Å². The molecule has 33 heavy (non-hydrogen) atoms. The number of piperazine rings is 1. The summed E-state index contributed by atoms with van der Waals surface area (Å²) in [5.41, 5.74) is 2.42. The average Bonchev–Trinajstić information content (AvgIpc) is 2.79. The Morgan fingerprint density at radius 3 is 2.58 bits per heavy atom. The molecule has 1 aliphatic heterocycles. The van der Waals surface area contributed by atoms with Crippen LogP contribution in [0.25, 0.3) is 0 Å². The number of anilines is 4. The summed E-state index contributed by atoms with van der Waals surface area (Å²) in [4.78, 5) is 28.6. The van der Waals surface area contributed by atoms with E-state index in [0.717, 1.165) is 43.9 Å². The average molecular weight is 452 g/mol. The van der Waals surface area contributed by atoms with Crippen LogP contribution in [0.2, 0.25) is 0 Å². The first-order valence-corrected chi connectivity index (χ1v) is 10.9. The molecule has 1 saturated heterocycles. The maximum atomic E-state index is 14.7. The standard InChI is InChI=1S/C24H30FN7O/c1-5-6-8-19(15-17(2)3)31-11-13-32(14-12-31)24-27-16-26-23(30-24)29-21-10-7-9-20(22(21)25)28-18(4)33/h6-10,15-16H,2,5,11-14H2,1,3-4H3,(H,28,33)(H,26,27,29,30)/b8-6-,19-15+. The maximum absolute atomic E-state index is 14.7. The van der Waals surface area contributed by atoms with Gasteiger partial charge in [-0.2, -0.15) is 4.98 Å². The summed E-state index contributed by atoms with van der Waals surface area (Å²) in [5.74, 6) is -0.172. The van der Waals surface area contributed by atoms with Crippen molar-refractivity contribution in [1.82, 2.24) is 19.9 Å². The van der Waals surface area contributed by atoms with E-state index in [1.165, 1.54) is 19.3 Å². The highest BCUT2D eigenvalue weighted by Gasteiger charge is 2.20. The van der Waals surface area contributed by atoms with Crippen molar-refractivity contribution in [3.8, 4) is 0 Å². The summed E-state index contributed by atoms with van der Waals surface area (Å²) < 4.78 is 14.7. The van der Waals surface area contributed by atoms with Crippen LogP contribution < -0.4 is 15.5 Å². The Hall–Kier alpha value is -3.75. The molecule has 3 rings (SSSR count). The third-order valence-electron chi connectivity index (χ3n) is 4.96. The number of halogens is 1. The molecule has 2 aromatic rings. The fourth-order valence-corrected chi connectivity index (χ4v) is 3.44. The molecular formula is C24H30FN7O. The van der Waals surface area contributed by atoms with E-state index in [1.54, 1.807) is 12.1 Å². The molecule has 1 aromatic heterocycles. The minimum Gasteiger partial charge on any atom is -0.368 e. The van der Waals surface area contributed by atoms with Crippen LogP contribution >= 0.6 is 0 Å². The minimum atomic E-state index is -0.583. The second kappa shape index (κ2) is 11.2.